The summed E-state index contributed by atoms with van der Waals surface area (Å²) in [6, 6.07) is 11.0. The molecule has 4 aliphatic rings. The predicted molar refractivity (Wildman–Crippen MR) is 231 cm³/mol. The minimum absolute atomic E-state index is 0.115. The molecular weight excluding hydrogens is 791 g/mol. The maximum atomic E-state index is 13.7. The number of fused-ring (bicyclic) bond motifs is 5. The predicted octanol–water partition coefficient (Wildman–Crippen LogP) is 7.40. The van der Waals surface area contributed by atoms with Crippen molar-refractivity contribution >= 4 is 34.9 Å². The number of carbonyl (C=O) groups is 4. The molecule has 0 bridgehead atoms. The van der Waals surface area contributed by atoms with Crippen molar-refractivity contribution in [3.63, 3.8) is 0 Å². The first-order valence-electron chi connectivity index (χ1n) is 21.8. The van der Waals surface area contributed by atoms with Crippen LogP contribution in [0.15, 0.2) is 48.8 Å². The van der Waals surface area contributed by atoms with Gasteiger partial charge in [0.15, 0.2) is 6.73 Å². The number of hydrogen-bond donors (Lipinski definition) is 4. The van der Waals surface area contributed by atoms with Crippen molar-refractivity contribution in [1.29, 1.82) is 0 Å². The number of rotatable bonds is 11. The molecule has 1 aliphatic carbocycles. The van der Waals surface area contributed by atoms with Crippen LogP contribution in [-0.2, 0) is 25.8 Å². The van der Waals surface area contributed by atoms with Crippen molar-refractivity contribution in [1.82, 2.24) is 44.9 Å². The molecule has 4 atom stereocenters. The Hall–Kier alpha value is -6.32. The molecule has 0 radical (unpaired) electrons. The number of aromatic amines is 2. The fraction of sp³-hybridized carbons (Fsp3) is 0.478. The van der Waals surface area contributed by atoms with E-state index in [4.69, 9.17) is 24.2 Å². The van der Waals surface area contributed by atoms with Gasteiger partial charge in [0.05, 0.1) is 61.3 Å². The van der Waals surface area contributed by atoms with E-state index in [1.165, 1.54) is 30.9 Å². The molecule has 4 amide bonds. The van der Waals surface area contributed by atoms with Gasteiger partial charge in [-0.15, -0.1) is 0 Å². The lowest BCUT2D eigenvalue weighted by Gasteiger charge is -2.30. The van der Waals surface area contributed by atoms with Gasteiger partial charge in [-0.3, -0.25) is 9.59 Å². The molecule has 16 heteroatoms. The summed E-state index contributed by atoms with van der Waals surface area (Å²) in [7, 11) is 2.59. The van der Waals surface area contributed by atoms with Crippen LogP contribution < -0.4 is 15.4 Å². The largest absolute Gasteiger partial charge is 0.472 e. The van der Waals surface area contributed by atoms with E-state index in [2.05, 4.69) is 61.6 Å². The summed E-state index contributed by atoms with van der Waals surface area (Å²) >= 11 is 0. The fourth-order valence-corrected chi connectivity index (χ4v) is 9.59. The van der Waals surface area contributed by atoms with Gasteiger partial charge in [0.25, 0.3) is 0 Å². The van der Waals surface area contributed by atoms with Gasteiger partial charge in [0.2, 0.25) is 11.8 Å². The zero-order valence-electron chi connectivity index (χ0n) is 36.1. The third-order valence-electron chi connectivity index (χ3n) is 13.0. The summed E-state index contributed by atoms with van der Waals surface area (Å²) in [5.41, 5.74) is 8.33. The van der Waals surface area contributed by atoms with E-state index in [1.54, 1.807) is 0 Å². The molecular formula is C46H55N9O7. The van der Waals surface area contributed by atoms with Crippen LogP contribution in [-0.4, -0.2) is 97.7 Å². The Kier molecular flexibility index (Phi) is 10.9. The third kappa shape index (κ3) is 7.42. The molecule has 62 heavy (non-hydrogen) atoms. The average Bonchev–Trinajstić information content (AvgIpc) is 3.85. The van der Waals surface area contributed by atoms with Crippen LogP contribution in [0.5, 0.6) is 5.75 Å². The lowest BCUT2D eigenvalue weighted by Crippen LogP contribution is -2.51. The number of amides is 4. The number of carbonyl (C=O) groups excluding carboxylic acids is 4. The monoisotopic (exact) mass is 845 g/mol. The summed E-state index contributed by atoms with van der Waals surface area (Å²) in [6.45, 7) is 9.18. The molecule has 9 rings (SSSR count). The van der Waals surface area contributed by atoms with Crippen molar-refractivity contribution in [3.8, 4) is 39.5 Å². The first kappa shape index (κ1) is 41.1. The molecule has 3 fully saturated rings. The van der Waals surface area contributed by atoms with Crippen molar-refractivity contribution in [2.75, 3.05) is 27.3 Å². The Labute approximate surface area is 360 Å². The van der Waals surface area contributed by atoms with E-state index in [0.29, 0.717) is 31.6 Å². The van der Waals surface area contributed by atoms with Crippen molar-refractivity contribution in [3.05, 3.63) is 66.0 Å². The highest BCUT2D eigenvalue weighted by Crippen LogP contribution is 2.52. The van der Waals surface area contributed by atoms with E-state index in [1.807, 2.05) is 49.9 Å². The maximum absolute atomic E-state index is 13.7. The molecule has 16 nitrogen and oxygen atoms in total. The Bertz CT molecular complexity index is 2530. The highest BCUT2D eigenvalue weighted by Gasteiger charge is 2.40. The number of nitrogens with zero attached hydrogens (tertiary/aromatic N) is 5. The number of imidazole rings is 2. The summed E-state index contributed by atoms with van der Waals surface area (Å²) < 4.78 is 18.4. The molecule has 3 aromatic heterocycles. The van der Waals surface area contributed by atoms with Crippen molar-refractivity contribution in [2.24, 2.45) is 11.8 Å². The number of aromatic nitrogens is 5. The highest BCUT2D eigenvalue weighted by atomic mass is 16.5. The first-order chi connectivity index (χ1) is 29.9. The number of H-pyrrole nitrogens is 2. The number of alkyl carbamates (subject to hydrolysis) is 2. The molecule has 0 unspecified atom stereocenters. The van der Waals surface area contributed by atoms with Crippen LogP contribution >= 0.6 is 0 Å². The van der Waals surface area contributed by atoms with Gasteiger partial charge < -0.3 is 49.2 Å². The maximum Gasteiger partial charge on any atom is 0.407 e. The number of hydrogen-bond acceptors (Lipinski definition) is 9. The van der Waals surface area contributed by atoms with Gasteiger partial charge in [-0.05, 0) is 86.1 Å². The van der Waals surface area contributed by atoms with E-state index in [9.17, 15) is 19.2 Å². The van der Waals surface area contributed by atoms with Crippen LogP contribution in [0.2, 0.25) is 0 Å². The SMILES string of the molecule is COC(=O)N[C@H](C(=O)N1CCC[C@H]1c1ncc(-c2ccc3c(c2)OCn2c-3c(C3CC3)c3cc(-c4cnc([C@@H]5CCCN5C(=O)[C@@H](NC(=O)OC)C(C)C)[nH]4)ccc32)[nH]1)C(C)C. The van der Waals surface area contributed by atoms with Crippen LogP contribution in [0.25, 0.3) is 44.7 Å². The second-order valence-electron chi connectivity index (χ2n) is 17.6. The van der Waals surface area contributed by atoms with E-state index < -0.39 is 24.3 Å². The van der Waals surface area contributed by atoms with Gasteiger partial charge in [0.1, 0.15) is 29.5 Å². The van der Waals surface area contributed by atoms with Crippen LogP contribution in [0.4, 0.5) is 9.59 Å². The van der Waals surface area contributed by atoms with Crippen molar-refractivity contribution < 1.29 is 33.4 Å². The van der Waals surface area contributed by atoms with Gasteiger partial charge >= 0.3 is 12.2 Å². The Morgan fingerprint density at radius 2 is 1.27 bits per heavy atom. The summed E-state index contributed by atoms with van der Waals surface area (Å²) in [5, 5.41) is 6.63. The fourth-order valence-electron chi connectivity index (χ4n) is 9.59. The Morgan fingerprint density at radius 1 is 0.742 bits per heavy atom. The smallest absolute Gasteiger partial charge is 0.407 e. The highest BCUT2D eigenvalue weighted by molar-refractivity contribution is 5.97. The second kappa shape index (κ2) is 16.5. The van der Waals surface area contributed by atoms with Crippen molar-refractivity contribution in [2.45, 2.75) is 103 Å². The summed E-state index contributed by atoms with van der Waals surface area (Å²) in [5.74, 6) is 2.18. The van der Waals surface area contributed by atoms with Gasteiger partial charge in [-0.2, -0.15) is 0 Å². The van der Waals surface area contributed by atoms with Gasteiger partial charge in [-0.1, -0.05) is 39.8 Å². The lowest BCUT2D eigenvalue weighted by atomic mass is 9.98. The molecule has 1 saturated carbocycles. The summed E-state index contributed by atoms with van der Waals surface area (Å²) in [4.78, 5) is 71.9. The normalized spacial score (nSPS) is 19.3. The van der Waals surface area contributed by atoms with Crippen LogP contribution in [0.3, 0.4) is 0 Å². The van der Waals surface area contributed by atoms with E-state index in [-0.39, 0.29) is 35.7 Å². The van der Waals surface area contributed by atoms with E-state index >= 15 is 0 Å². The van der Waals surface area contributed by atoms with Crippen LogP contribution in [0.1, 0.15) is 101 Å². The third-order valence-corrected chi connectivity index (χ3v) is 13.0. The number of ether oxygens (including phenoxy) is 3. The number of benzene rings is 2. The molecule has 3 aliphatic heterocycles. The minimum atomic E-state index is -0.703. The van der Waals surface area contributed by atoms with E-state index in [0.717, 1.165) is 83.7 Å². The van der Waals surface area contributed by atoms with Gasteiger partial charge in [-0.25, -0.2) is 19.6 Å². The Balaban J connectivity index is 0.971. The zero-order chi connectivity index (χ0) is 43.4. The number of likely N-dealkylation sites (tertiary alicyclic amines) is 2. The first-order valence-corrected chi connectivity index (χ1v) is 21.8. The Morgan fingerprint density at radius 3 is 1.79 bits per heavy atom. The average molecular weight is 846 g/mol. The summed E-state index contributed by atoms with van der Waals surface area (Å²) in [6.07, 6.45) is 7.89. The topological polar surface area (TPSA) is 189 Å². The molecule has 326 valence electrons. The quantitative estimate of drug-likeness (QED) is 0.105. The molecule has 4 N–H and O–H groups in total. The minimum Gasteiger partial charge on any atom is -0.472 e. The van der Waals surface area contributed by atoms with Crippen LogP contribution in [0, 0.1) is 11.8 Å². The zero-order valence-corrected chi connectivity index (χ0v) is 36.1. The molecule has 0 spiro atoms. The second-order valence-corrected chi connectivity index (χ2v) is 17.6. The molecule has 5 aromatic rings. The molecule has 2 aromatic carbocycles. The standard InChI is InChI=1S/C46H55N9O7/c1-24(2)38(51-45(58)60-5)43(56)53-17-7-9-34(53)41-47-21-31(49-41)27-14-16-33-30(19-27)37(26-11-12-26)40-29-15-13-28(20-36(29)62-23-55(33)40)32-22-48-42(50-32)35-10-8-18-54(35)44(57)39(25(3)4)52-46(59)61-6/h13-16,19-22,24-26,34-35,38-39H,7-12,17-18,23H2,1-6H3,(H,47,49)(H,48,50)(H,51,58)(H,52,59)/t34-,35-,38-,39-/m0/s1. The lowest BCUT2D eigenvalue weighted by molar-refractivity contribution is -0.136. The molecule has 2 saturated heterocycles. The number of methoxy groups -OCH3 is 2. The van der Waals surface area contributed by atoms with Gasteiger partial charge in [0, 0.05) is 35.2 Å². The number of nitrogens with one attached hydrogen (secondary N) is 4. The molecule has 6 heterocycles.